The molecule has 0 heterocycles. The van der Waals surface area contributed by atoms with Crippen LogP contribution in [0.5, 0.6) is 0 Å². The van der Waals surface area contributed by atoms with Crippen LogP contribution in [0.3, 0.4) is 0 Å². The zero-order chi connectivity index (χ0) is 8.72. The second-order valence-electron chi connectivity index (χ2n) is 4.16. The third-order valence-corrected chi connectivity index (χ3v) is 3.49. The second kappa shape index (κ2) is 2.95. The lowest BCUT2D eigenvalue weighted by Crippen LogP contribution is -2.31. The van der Waals surface area contributed by atoms with Crippen molar-refractivity contribution in [2.45, 2.75) is 38.2 Å². The molecule has 1 N–H and O–H groups in total. The highest BCUT2D eigenvalue weighted by Gasteiger charge is 2.44. The van der Waals surface area contributed by atoms with Crippen LogP contribution in [0.15, 0.2) is 0 Å². The van der Waals surface area contributed by atoms with Crippen LogP contribution in [0.1, 0.15) is 25.7 Å². The summed E-state index contributed by atoms with van der Waals surface area (Å²) in [6.07, 6.45) is 0.246. The standard InChI is InChI=1S/C9H14F2O/c10-9(11)8(12)7-4-5-1-2-6(7)3-5/h5-9,12H,1-4H2. The molecule has 2 bridgehead atoms. The summed E-state index contributed by atoms with van der Waals surface area (Å²) < 4.78 is 24.3. The maximum atomic E-state index is 12.2. The van der Waals surface area contributed by atoms with Gasteiger partial charge in [-0.1, -0.05) is 6.42 Å². The molecule has 2 saturated carbocycles. The lowest BCUT2D eigenvalue weighted by atomic mass is 9.85. The fourth-order valence-electron chi connectivity index (χ4n) is 2.90. The summed E-state index contributed by atoms with van der Waals surface area (Å²) in [5.41, 5.74) is 0. The van der Waals surface area contributed by atoms with Gasteiger partial charge in [0.15, 0.2) is 0 Å². The minimum Gasteiger partial charge on any atom is -0.387 e. The van der Waals surface area contributed by atoms with Crippen LogP contribution >= 0.6 is 0 Å². The fraction of sp³-hybridized carbons (Fsp3) is 1.00. The molecule has 0 aliphatic heterocycles. The number of aliphatic hydroxyl groups is 1. The molecule has 4 atom stereocenters. The SMILES string of the molecule is OC(C(F)F)C1CC2CCC1C2. The van der Waals surface area contributed by atoms with Gasteiger partial charge < -0.3 is 5.11 Å². The zero-order valence-electron chi connectivity index (χ0n) is 6.92. The molecule has 2 rings (SSSR count). The van der Waals surface area contributed by atoms with Gasteiger partial charge in [0, 0.05) is 0 Å². The molecule has 1 nitrogen and oxygen atoms in total. The molecule has 0 spiro atoms. The Balaban J connectivity index is 1.97. The molecule has 0 saturated heterocycles. The molecule has 0 aromatic carbocycles. The van der Waals surface area contributed by atoms with Crippen molar-refractivity contribution in [1.29, 1.82) is 0 Å². The van der Waals surface area contributed by atoms with E-state index < -0.39 is 12.5 Å². The van der Waals surface area contributed by atoms with Gasteiger partial charge in [0.1, 0.15) is 6.10 Å². The van der Waals surface area contributed by atoms with Crippen LogP contribution in [0.4, 0.5) is 8.78 Å². The molecular weight excluding hydrogens is 162 g/mol. The average molecular weight is 176 g/mol. The first-order chi connectivity index (χ1) is 5.68. The normalized spacial score (nSPS) is 42.5. The Morgan fingerprint density at radius 2 is 1.92 bits per heavy atom. The number of hydrogen-bond donors (Lipinski definition) is 1. The summed E-state index contributed by atoms with van der Waals surface area (Å²) in [6, 6.07) is 0. The van der Waals surface area contributed by atoms with Crippen molar-refractivity contribution >= 4 is 0 Å². The van der Waals surface area contributed by atoms with E-state index in [2.05, 4.69) is 0 Å². The lowest BCUT2D eigenvalue weighted by Gasteiger charge is -2.25. The number of rotatable bonds is 2. The maximum absolute atomic E-state index is 12.2. The smallest absolute Gasteiger partial charge is 0.264 e. The lowest BCUT2D eigenvalue weighted by molar-refractivity contribution is -0.0521. The number of hydrogen-bond acceptors (Lipinski definition) is 1. The monoisotopic (exact) mass is 176 g/mol. The van der Waals surface area contributed by atoms with Crippen molar-refractivity contribution < 1.29 is 13.9 Å². The average Bonchev–Trinajstić information content (AvgIpc) is 2.62. The summed E-state index contributed by atoms with van der Waals surface area (Å²) in [6.45, 7) is 0. The Bertz CT molecular complexity index is 172. The molecule has 3 heteroatoms. The molecule has 2 aliphatic carbocycles. The van der Waals surface area contributed by atoms with E-state index >= 15 is 0 Å². The molecule has 2 aliphatic rings. The van der Waals surface area contributed by atoms with Gasteiger partial charge in [0.25, 0.3) is 6.43 Å². The highest BCUT2D eigenvalue weighted by atomic mass is 19.3. The highest BCUT2D eigenvalue weighted by Crippen LogP contribution is 2.50. The molecule has 2 fully saturated rings. The first kappa shape index (κ1) is 8.42. The number of halogens is 2. The fourth-order valence-corrected chi connectivity index (χ4v) is 2.90. The summed E-state index contributed by atoms with van der Waals surface area (Å²) in [4.78, 5) is 0. The number of alkyl halides is 2. The highest BCUT2D eigenvalue weighted by molar-refractivity contribution is 4.93. The topological polar surface area (TPSA) is 20.2 Å². The molecule has 12 heavy (non-hydrogen) atoms. The van der Waals surface area contributed by atoms with Gasteiger partial charge in [-0.15, -0.1) is 0 Å². The summed E-state index contributed by atoms with van der Waals surface area (Å²) in [5.74, 6) is 0.913. The third-order valence-electron chi connectivity index (χ3n) is 3.49. The van der Waals surface area contributed by atoms with E-state index in [9.17, 15) is 13.9 Å². The van der Waals surface area contributed by atoms with E-state index in [-0.39, 0.29) is 5.92 Å². The van der Waals surface area contributed by atoms with Gasteiger partial charge in [-0.05, 0) is 37.0 Å². The largest absolute Gasteiger partial charge is 0.387 e. The predicted molar refractivity (Wildman–Crippen MR) is 40.9 cm³/mol. The van der Waals surface area contributed by atoms with Crippen LogP contribution < -0.4 is 0 Å². The first-order valence-electron chi connectivity index (χ1n) is 4.64. The second-order valence-corrected chi connectivity index (χ2v) is 4.16. The Labute approximate surface area is 70.8 Å². The summed E-state index contributed by atoms with van der Waals surface area (Å²) in [5, 5.41) is 9.20. The zero-order valence-corrected chi connectivity index (χ0v) is 6.92. The van der Waals surface area contributed by atoms with Gasteiger partial charge >= 0.3 is 0 Å². The Morgan fingerprint density at radius 1 is 1.17 bits per heavy atom. The number of aliphatic hydroxyl groups excluding tert-OH is 1. The Hall–Kier alpha value is -0.180. The van der Waals surface area contributed by atoms with E-state index in [1.54, 1.807) is 0 Å². The van der Waals surface area contributed by atoms with Crippen LogP contribution in [0.2, 0.25) is 0 Å². The van der Waals surface area contributed by atoms with Crippen molar-refractivity contribution in [3.05, 3.63) is 0 Å². The van der Waals surface area contributed by atoms with Crippen molar-refractivity contribution in [1.82, 2.24) is 0 Å². The van der Waals surface area contributed by atoms with Crippen LogP contribution in [0.25, 0.3) is 0 Å². The minimum atomic E-state index is -2.55. The van der Waals surface area contributed by atoms with Crippen molar-refractivity contribution in [2.24, 2.45) is 17.8 Å². The van der Waals surface area contributed by atoms with E-state index in [0.29, 0.717) is 11.8 Å². The van der Waals surface area contributed by atoms with Gasteiger partial charge in [0.05, 0.1) is 0 Å². The predicted octanol–water partition coefficient (Wildman–Crippen LogP) is 2.05. The molecule has 4 unspecified atom stereocenters. The minimum absolute atomic E-state index is 0.108. The molecule has 0 amide bonds. The summed E-state index contributed by atoms with van der Waals surface area (Å²) in [7, 11) is 0. The van der Waals surface area contributed by atoms with Crippen molar-refractivity contribution in [2.75, 3.05) is 0 Å². The molecular formula is C9H14F2O. The van der Waals surface area contributed by atoms with E-state index in [0.717, 1.165) is 19.3 Å². The van der Waals surface area contributed by atoms with Gasteiger partial charge in [0.2, 0.25) is 0 Å². The first-order valence-corrected chi connectivity index (χ1v) is 4.64. The molecule has 0 aromatic heterocycles. The van der Waals surface area contributed by atoms with E-state index in [4.69, 9.17) is 0 Å². The quantitative estimate of drug-likeness (QED) is 0.682. The maximum Gasteiger partial charge on any atom is 0.264 e. The molecule has 0 aromatic rings. The van der Waals surface area contributed by atoms with Gasteiger partial charge in [-0.2, -0.15) is 0 Å². The third kappa shape index (κ3) is 1.24. The Morgan fingerprint density at radius 3 is 2.33 bits per heavy atom. The van der Waals surface area contributed by atoms with E-state index in [1.807, 2.05) is 0 Å². The van der Waals surface area contributed by atoms with Crippen molar-refractivity contribution in [3.63, 3.8) is 0 Å². The summed E-state index contributed by atoms with van der Waals surface area (Å²) >= 11 is 0. The van der Waals surface area contributed by atoms with Gasteiger partial charge in [-0.3, -0.25) is 0 Å². The number of fused-ring (bicyclic) bond motifs is 2. The van der Waals surface area contributed by atoms with Crippen LogP contribution in [-0.2, 0) is 0 Å². The van der Waals surface area contributed by atoms with Gasteiger partial charge in [-0.25, -0.2) is 8.78 Å². The van der Waals surface area contributed by atoms with Crippen LogP contribution in [0, 0.1) is 17.8 Å². The molecule has 0 radical (unpaired) electrons. The van der Waals surface area contributed by atoms with Crippen molar-refractivity contribution in [3.8, 4) is 0 Å². The van der Waals surface area contributed by atoms with E-state index in [1.165, 1.54) is 6.42 Å². The molecule has 70 valence electrons. The Kier molecular flexibility index (Phi) is 2.07. The van der Waals surface area contributed by atoms with Crippen LogP contribution in [-0.4, -0.2) is 17.6 Å².